The van der Waals surface area contributed by atoms with Crippen molar-refractivity contribution in [3.8, 4) is 0 Å². The topological polar surface area (TPSA) is 49.5 Å². The van der Waals surface area contributed by atoms with E-state index in [9.17, 15) is 5.11 Å². The van der Waals surface area contributed by atoms with Crippen molar-refractivity contribution >= 4 is 5.69 Å². The monoisotopic (exact) mass is 248 g/mol. The minimum atomic E-state index is -0.444. The number of anilines is 1. The van der Waals surface area contributed by atoms with Gasteiger partial charge in [0, 0.05) is 23.8 Å². The van der Waals surface area contributed by atoms with Crippen LogP contribution in [-0.4, -0.2) is 29.1 Å². The van der Waals surface area contributed by atoms with Crippen molar-refractivity contribution in [3.05, 3.63) is 29.8 Å². The molecule has 1 saturated heterocycles. The first-order valence-electron chi connectivity index (χ1n) is 6.95. The summed E-state index contributed by atoms with van der Waals surface area (Å²) < 4.78 is 0. The minimum Gasteiger partial charge on any atom is -0.398 e. The number of rotatable bonds is 4. The van der Waals surface area contributed by atoms with Gasteiger partial charge in [-0.15, -0.1) is 0 Å². The van der Waals surface area contributed by atoms with Crippen LogP contribution < -0.4 is 5.73 Å². The number of aliphatic hydroxyl groups excluding tert-OH is 1. The van der Waals surface area contributed by atoms with Gasteiger partial charge in [-0.3, -0.25) is 0 Å². The second-order valence-electron chi connectivity index (χ2n) is 5.31. The number of likely N-dealkylation sites (tertiary alicyclic amines) is 1. The van der Waals surface area contributed by atoms with Gasteiger partial charge >= 0.3 is 0 Å². The average Bonchev–Trinajstić information content (AvgIpc) is 2.38. The van der Waals surface area contributed by atoms with E-state index in [2.05, 4.69) is 11.8 Å². The SMILES string of the molecule is CC1CCCCN1CCC(O)c1ccccc1N. The first kappa shape index (κ1) is 13.4. The molecular weight excluding hydrogens is 224 g/mol. The van der Waals surface area contributed by atoms with E-state index in [-0.39, 0.29) is 0 Å². The number of piperidine rings is 1. The highest BCUT2D eigenvalue weighted by Gasteiger charge is 2.19. The number of nitrogen functional groups attached to an aromatic ring is 1. The van der Waals surface area contributed by atoms with E-state index in [1.54, 1.807) is 0 Å². The Morgan fingerprint density at radius 1 is 1.39 bits per heavy atom. The molecule has 1 aromatic rings. The summed E-state index contributed by atoms with van der Waals surface area (Å²) in [5.74, 6) is 0. The Balaban J connectivity index is 1.88. The fourth-order valence-corrected chi connectivity index (χ4v) is 2.75. The molecule has 1 heterocycles. The van der Waals surface area contributed by atoms with Gasteiger partial charge in [0.25, 0.3) is 0 Å². The second kappa shape index (κ2) is 6.21. The number of para-hydroxylation sites is 1. The lowest BCUT2D eigenvalue weighted by molar-refractivity contribution is 0.110. The number of aliphatic hydroxyl groups is 1. The van der Waals surface area contributed by atoms with E-state index >= 15 is 0 Å². The predicted molar refractivity (Wildman–Crippen MR) is 75.3 cm³/mol. The normalized spacial score (nSPS) is 22.9. The zero-order chi connectivity index (χ0) is 13.0. The van der Waals surface area contributed by atoms with Crippen molar-refractivity contribution in [3.63, 3.8) is 0 Å². The van der Waals surface area contributed by atoms with E-state index in [0.717, 1.165) is 25.1 Å². The Labute approximate surface area is 110 Å². The molecule has 18 heavy (non-hydrogen) atoms. The third kappa shape index (κ3) is 3.24. The number of hydrogen-bond donors (Lipinski definition) is 2. The molecule has 3 N–H and O–H groups in total. The summed E-state index contributed by atoms with van der Waals surface area (Å²) in [7, 11) is 0. The van der Waals surface area contributed by atoms with Crippen LogP contribution in [0.1, 0.15) is 44.3 Å². The van der Waals surface area contributed by atoms with Crippen LogP contribution in [-0.2, 0) is 0 Å². The van der Waals surface area contributed by atoms with Crippen molar-refractivity contribution < 1.29 is 5.11 Å². The van der Waals surface area contributed by atoms with Crippen LogP contribution in [0.5, 0.6) is 0 Å². The molecule has 0 spiro atoms. The lowest BCUT2D eigenvalue weighted by Gasteiger charge is -2.33. The van der Waals surface area contributed by atoms with Crippen LogP contribution in [0.3, 0.4) is 0 Å². The van der Waals surface area contributed by atoms with Gasteiger partial charge in [0.1, 0.15) is 0 Å². The molecule has 0 amide bonds. The molecule has 2 atom stereocenters. The predicted octanol–water partition coefficient (Wildman–Crippen LogP) is 2.57. The third-order valence-electron chi connectivity index (χ3n) is 3.99. The van der Waals surface area contributed by atoms with Crippen LogP contribution in [0.25, 0.3) is 0 Å². The molecule has 0 aromatic heterocycles. The smallest absolute Gasteiger partial charge is 0.0822 e. The molecule has 3 heteroatoms. The molecular formula is C15H24N2O. The lowest BCUT2D eigenvalue weighted by Crippen LogP contribution is -2.38. The Morgan fingerprint density at radius 3 is 2.89 bits per heavy atom. The maximum atomic E-state index is 10.2. The van der Waals surface area contributed by atoms with Gasteiger partial charge in [-0.25, -0.2) is 0 Å². The number of hydrogen-bond acceptors (Lipinski definition) is 3. The Hall–Kier alpha value is -1.06. The Kier molecular flexibility index (Phi) is 4.61. The van der Waals surface area contributed by atoms with Crippen molar-refractivity contribution in [1.29, 1.82) is 0 Å². The Morgan fingerprint density at radius 2 is 2.17 bits per heavy atom. The van der Waals surface area contributed by atoms with Crippen LogP contribution in [0.2, 0.25) is 0 Å². The molecule has 3 nitrogen and oxygen atoms in total. The van der Waals surface area contributed by atoms with E-state index in [4.69, 9.17) is 5.73 Å². The minimum absolute atomic E-state index is 0.444. The van der Waals surface area contributed by atoms with Crippen LogP contribution in [0.15, 0.2) is 24.3 Å². The van der Waals surface area contributed by atoms with Crippen molar-refractivity contribution in [2.75, 3.05) is 18.8 Å². The summed E-state index contributed by atoms with van der Waals surface area (Å²) in [4.78, 5) is 2.48. The van der Waals surface area contributed by atoms with E-state index in [1.165, 1.54) is 19.3 Å². The van der Waals surface area contributed by atoms with E-state index in [0.29, 0.717) is 11.7 Å². The first-order valence-corrected chi connectivity index (χ1v) is 6.95. The first-order chi connectivity index (χ1) is 8.68. The Bertz CT molecular complexity index is 381. The van der Waals surface area contributed by atoms with Gasteiger partial charge < -0.3 is 15.7 Å². The molecule has 0 saturated carbocycles. The highest BCUT2D eigenvalue weighted by Crippen LogP contribution is 2.24. The third-order valence-corrected chi connectivity index (χ3v) is 3.99. The zero-order valence-electron chi connectivity index (χ0n) is 11.2. The van der Waals surface area contributed by atoms with Gasteiger partial charge in [-0.05, 0) is 38.8 Å². The van der Waals surface area contributed by atoms with Crippen LogP contribution >= 0.6 is 0 Å². The molecule has 100 valence electrons. The van der Waals surface area contributed by atoms with Crippen LogP contribution in [0, 0.1) is 0 Å². The van der Waals surface area contributed by atoms with Crippen molar-refractivity contribution in [1.82, 2.24) is 4.90 Å². The summed E-state index contributed by atoms with van der Waals surface area (Å²) in [6.45, 7) is 4.40. The second-order valence-corrected chi connectivity index (χ2v) is 5.31. The summed E-state index contributed by atoms with van der Waals surface area (Å²) in [6, 6.07) is 8.25. The van der Waals surface area contributed by atoms with Gasteiger partial charge in [0.05, 0.1) is 6.10 Å². The van der Waals surface area contributed by atoms with Crippen molar-refractivity contribution in [2.45, 2.75) is 44.8 Å². The molecule has 1 aliphatic heterocycles. The van der Waals surface area contributed by atoms with E-state index < -0.39 is 6.10 Å². The number of benzene rings is 1. The fraction of sp³-hybridized carbons (Fsp3) is 0.600. The molecule has 0 radical (unpaired) electrons. The molecule has 0 bridgehead atoms. The molecule has 1 fully saturated rings. The van der Waals surface area contributed by atoms with Gasteiger partial charge in [-0.2, -0.15) is 0 Å². The average molecular weight is 248 g/mol. The molecule has 2 unspecified atom stereocenters. The quantitative estimate of drug-likeness (QED) is 0.805. The van der Waals surface area contributed by atoms with Crippen LogP contribution in [0.4, 0.5) is 5.69 Å². The molecule has 0 aliphatic carbocycles. The van der Waals surface area contributed by atoms with E-state index in [1.807, 2.05) is 24.3 Å². The number of nitrogens with zero attached hydrogens (tertiary/aromatic N) is 1. The van der Waals surface area contributed by atoms with Gasteiger partial charge in [-0.1, -0.05) is 24.6 Å². The van der Waals surface area contributed by atoms with Gasteiger partial charge in [0.15, 0.2) is 0 Å². The zero-order valence-corrected chi connectivity index (χ0v) is 11.2. The maximum Gasteiger partial charge on any atom is 0.0822 e. The largest absolute Gasteiger partial charge is 0.398 e. The number of nitrogens with two attached hydrogens (primary N) is 1. The summed E-state index contributed by atoms with van der Waals surface area (Å²) in [5, 5.41) is 10.2. The summed E-state index contributed by atoms with van der Waals surface area (Å²) in [5.41, 5.74) is 7.44. The molecule has 2 rings (SSSR count). The summed E-state index contributed by atoms with van der Waals surface area (Å²) >= 11 is 0. The summed E-state index contributed by atoms with van der Waals surface area (Å²) in [6.07, 6.45) is 4.22. The highest BCUT2D eigenvalue weighted by molar-refractivity contribution is 5.47. The molecule has 1 aliphatic rings. The fourth-order valence-electron chi connectivity index (χ4n) is 2.75. The standard InChI is InChI=1S/C15H24N2O/c1-12-6-4-5-10-17(12)11-9-15(18)13-7-2-3-8-14(13)16/h2-3,7-8,12,15,18H,4-6,9-11,16H2,1H3. The van der Waals surface area contributed by atoms with Crippen molar-refractivity contribution in [2.24, 2.45) is 0 Å². The maximum absolute atomic E-state index is 10.2. The lowest BCUT2D eigenvalue weighted by atomic mass is 10.0. The molecule has 1 aromatic carbocycles. The van der Waals surface area contributed by atoms with Gasteiger partial charge in [0.2, 0.25) is 0 Å². The highest BCUT2D eigenvalue weighted by atomic mass is 16.3.